The molecule has 0 atom stereocenters. The van der Waals surface area contributed by atoms with E-state index in [1.54, 1.807) is 0 Å². The van der Waals surface area contributed by atoms with Crippen molar-refractivity contribution in [2.45, 2.75) is 25.7 Å². The van der Waals surface area contributed by atoms with Gasteiger partial charge in [0.25, 0.3) is 0 Å². The molecule has 0 aliphatic rings. The summed E-state index contributed by atoms with van der Waals surface area (Å²) in [5.41, 5.74) is 5.14. The zero-order valence-corrected chi connectivity index (χ0v) is 13.6. The average Bonchev–Trinajstić information content (AvgIpc) is 2.26. The van der Waals surface area contributed by atoms with Crippen LogP contribution < -0.4 is 5.73 Å². The van der Waals surface area contributed by atoms with E-state index in [-0.39, 0.29) is 20.9 Å². The first-order valence-corrected chi connectivity index (χ1v) is 7.86. The number of halogens is 1. The van der Waals surface area contributed by atoms with E-state index >= 15 is 0 Å². The number of rotatable bonds is 4. The average molecular weight is 318 g/mol. The number of sulfonamides is 1. The van der Waals surface area contributed by atoms with Crippen LogP contribution in [0.4, 0.5) is 4.39 Å². The third-order valence-corrected chi connectivity index (χ3v) is 4.63. The Balaban J connectivity index is 3.23. The molecule has 0 aliphatic carbocycles. The van der Waals surface area contributed by atoms with Crippen LogP contribution in [0.2, 0.25) is 0 Å². The molecular formula is C13H19FN2O2S2. The number of hydrogen-bond acceptors (Lipinski definition) is 3. The van der Waals surface area contributed by atoms with Crippen molar-refractivity contribution in [2.75, 3.05) is 13.6 Å². The summed E-state index contributed by atoms with van der Waals surface area (Å²) in [6.07, 6.45) is 0. The fraction of sp³-hybridized carbons (Fsp3) is 0.462. The minimum absolute atomic E-state index is 0.0200. The summed E-state index contributed by atoms with van der Waals surface area (Å²) in [5.74, 6) is -0.630. The van der Waals surface area contributed by atoms with Gasteiger partial charge in [0.2, 0.25) is 10.0 Å². The molecule has 0 unspecified atom stereocenters. The van der Waals surface area contributed by atoms with Crippen LogP contribution in [0.15, 0.2) is 23.1 Å². The highest BCUT2D eigenvalue weighted by atomic mass is 32.2. The molecule has 0 saturated carbocycles. The normalized spacial score (nSPS) is 12.7. The van der Waals surface area contributed by atoms with Gasteiger partial charge in [-0.3, -0.25) is 0 Å². The Morgan fingerprint density at radius 3 is 2.40 bits per heavy atom. The topological polar surface area (TPSA) is 63.4 Å². The first kappa shape index (κ1) is 17.0. The Bertz CT molecular complexity index is 622. The van der Waals surface area contributed by atoms with Crippen molar-refractivity contribution in [3.05, 3.63) is 29.6 Å². The third kappa shape index (κ3) is 3.97. The second kappa shape index (κ2) is 5.75. The quantitative estimate of drug-likeness (QED) is 0.864. The van der Waals surface area contributed by atoms with E-state index in [0.29, 0.717) is 6.54 Å². The van der Waals surface area contributed by atoms with Gasteiger partial charge >= 0.3 is 0 Å². The van der Waals surface area contributed by atoms with Gasteiger partial charge in [-0.2, -0.15) is 0 Å². The second-order valence-electron chi connectivity index (χ2n) is 5.83. The minimum Gasteiger partial charge on any atom is -0.389 e. The highest BCUT2D eigenvalue weighted by Crippen LogP contribution is 2.22. The van der Waals surface area contributed by atoms with Gasteiger partial charge in [0.05, 0.1) is 4.90 Å². The zero-order valence-electron chi connectivity index (χ0n) is 12.0. The summed E-state index contributed by atoms with van der Waals surface area (Å²) in [4.78, 5) is -0.188. The molecule has 0 amide bonds. The van der Waals surface area contributed by atoms with Crippen LogP contribution >= 0.6 is 12.2 Å². The Morgan fingerprint density at radius 1 is 1.40 bits per heavy atom. The molecule has 0 radical (unpaired) electrons. The third-order valence-electron chi connectivity index (χ3n) is 2.61. The van der Waals surface area contributed by atoms with Crippen molar-refractivity contribution in [2.24, 2.45) is 11.1 Å². The number of thiocarbonyl (C=S) groups is 1. The van der Waals surface area contributed by atoms with Crippen LogP contribution in [0.3, 0.4) is 0 Å². The maximum atomic E-state index is 13.5. The summed E-state index contributed by atoms with van der Waals surface area (Å²) in [7, 11) is -2.20. The van der Waals surface area contributed by atoms with Crippen molar-refractivity contribution >= 4 is 27.2 Å². The lowest BCUT2D eigenvalue weighted by Crippen LogP contribution is -2.34. The van der Waals surface area contributed by atoms with E-state index in [9.17, 15) is 12.8 Å². The van der Waals surface area contributed by atoms with Gasteiger partial charge in [0, 0.05) is 19.2 Å². The van der Waals surface area contributed by atoms with Crippen molar-refractivity contribution in [1.29, 1.82) is 0 Å². The van der Waals surface area contributed by atoms with Gasteiger partial charge in [-0.15, -0.1) is 0 Å². The highest BCUT2D eigenvalue weighted by molar-refractivity contribution is 7.89. The molecule has 20 heavy (non-hydrogen) atoms. The van der Waals surface area contributed by atoms with Gasteiger partial charge in [-0.05, 0) is 23.6 Å². The fourth-order valence-corrected chi connectivity index (χ4v) is 3.37. The molecule has 0 saturated heterocycles. The van der Waals surface area contributed by atoms with Gasteiger partial charge in [0.1, 0.15) is 10.8 Å². The van der Waals surface area contributed by atoms with Crippen LogP contribution in [0.25, 0.3) is 0 Å². The molecule has 2 N–H and O–H groups in total. The molecule has 1 aromatic carbocycles. The smallest absolute Gasteiger partial charge is 0.242 e. The molecule has 0 fully saturated rings. The van der Waals surface area contributed by atoms with Gasteiger partial charge in [-0.1, -0.05) is 33.0 Å². The van der Waals surface area contributed by atoms with Crippen LogP contribution in [-0.4, -0.2) is 31.3 Å². The fourth-order valence-electron chi connectivity index (χ4n) is 1.79. The van der Waals surface area contributed by atoms with Crippen LogP contribution in [-0.2, 0) is 10.0 Å². The van der Waals surface area contributed by atoms with Crippen LogP contribution in [0.5, 0.6) is 0 Å². The predicted molar refractivity (Wildman–Crippen MR) is 81.6 cm³/mol. The highest BCUT2D eigenvalue weighted by Gasteiger charge is 2.26. The lowest BCUT2D eigenvalue weighted by atomic mass is 9.97. The number of nitrogens with two attached hydrogens (primary N) is 1. The molecule has 4 nitrogen and oxygen atoms in total. The largest absolute Gasteiger partial charge is 0.389 e. The standard InChI is InChI=1S/C13H19FN2O2S2/c1-13(2,3)8-16(4)20(17,18)9-5-6-11(14)10(7-9)12(15)19/h5-7H,8H2,1-4H3,(H2,15,19). The molecule has 0 spiro atoms. The summed E-state index contributed by atoms with van der Waals surface area (Å²) in [5, 5.41) is 0. The molecule has 1 aromatic rings. The minimum atomic E-state index is -3.69. The second-order valence-corrected chi connectivity index (χ2v) is 8.31. The van der Waals surface area contributed by atoms with E-state index in [0.717, 1.165) is 6.07 Å². The predicted octanol–water partition coefficient (Wildman–Crippen LogP) is 2.13. The lowest BCUT2D eigenvalue weighted by Gasteiger charge is -2.26. The first-order valence-electron chi connectivity index (χ1n) is 6.01. The Kier molecular flexibility index (Phi) is 4.89. The summed E-state index contributed by atoms with van der Waals surface area (Å²) in [6.45, 7) is 6.15. The van der Waals surface area contributed by atoms with Crippen molar-refractivity contribution in [3.63, 3.8) is 0 Å². The summed E-state index contributed by atoms with van der Waals surface area (Å²) >= 11 is 4.71. The van der Waals surface area contributed by atoms with Gasteiger partial charge in [0.15, 0.2) is 0 Å². The lowest BCUT2D eigenvalue weighted by molar-refractivity contribution is 0.311. The first-order chi connectivity index (χ1) is 8.95. The Labute approximate surface area is 124 Å². The molecule has 0 aromatic heterocycles. The van der Waals surface area contributed by atoms with Gasteiger partial charge < -0.3 is 5.73 Å². The maximum Gasteiger partial charge on any atom is 0.242 e. The van der Waals surface area contributed by atoms with Crippen molar-refractivity contribution < 1.29 is 12.8 Å². The molecular weight excluding hydrogens is 299 g/mol. The van der Waals surface area contributed by atoms with E-state index in [2.05, 4.69) is 0 Å². The van der Waals surface area contributed by atoms with E-state index in [1.807, 2.05) is 20.8 Å². The Hall–Kier alpha value is -1.05. The molecule has 0 heterocycles. The van der Waals surface area contributed by atoms with Gasteiger partial charge in [-0.25, -0.2) is 17.1 Å². The van der Waals surface area contributed by atoms with Crippen LogP contribution in [0.1, 0.15) is 26.3 Å². The van der Waals surface area contributed by atoms with Crippen molar-refractivity contribution in [3.8, 4) is 0 Å². The molecule has 1 rings (SSSR count). The molecule has 112 valence electrons. The maximum absolute atomic E-state index is 13.5. The molecule has 0 bridgehead atoms. The van der Waals surface area contributed by atoms with Crippen molar-refractivity contribution in [1.82, 2.24) is 4.31 Å². The number of nitrogens with zero attached hydrogens (tertiary/aromatic N) is 1. The Morgan fingerprint density at radius 2 is 1.95 bits per heavy atom. The van der Waals surface area contributed by atoms with E-state index in [4.69, 9.17) is 18.0 Å². The zero-order chi connectivity index (χ0) is 15.7. The molecule has 7 heteroatoms. The number of hydrogen-bond donors (Lipinski definition) is 1. The van der Waals surface area contributed by atoms with E-state index < -0.39 is 15.8 Å². The monoisotopic (exact) mass is 318 g/mol. The summed E-state index contributed by atoms with van der Waals surface area (Å²) < 4.78 is 39.6. The molecule has 0 aliphatic heterocycles. The van der Waals surface area contributed by atoms with Crippen LogP contribution in [0, 0.1) is 11.2 Å². The SMILES string of the molecule is CN(CC(C)(C)C)S(=O)(=O)c1ccc(F)c(C(N)=S)c1. The van der Waals surface area contributed by atoms with E-state index in [1.165, 1.54) is 23.5 Å². The number of benzene rings is 1. The summed E-state index contributed by atoms with van der Waals surface area (Å²) in [6, 6.07) is 3.45.